The summed E-state index contributed by atoms with van der Waals surface area (Å²) < 4.78 is 28.5. The van der Waals surface area contributed by atoms with Crippen molar-refractivity contribution in [2.24, 2.45) is 0 Å². The number of rotatable bonds is 8. The number of hydrogen-bond acceptors (Lipinski definition) is 7. The molecule has 8 nitrogen and oxygen atoms in total. The Morgan fingerprint density at radius 2 is 1.83 bits per heavy atom. The summed E-state index contributed by atoms with van der Waals surface area (Å²) in [6, 6.07) is 8.55. The number of nitrogens with one attached hydrogen (secondary N) is 1. The number of benzene rings is 1. The number of thiophene rings is 1. The van der Waals surface area contributed by atoms with Gasteiger partial charge >= 0.3 is 0 Å². The Balaban J connectivity index is 1.79. The minimum atomic E-state index is -3.80. The molecule has 2 heterocycles. The first-order valence-electron chi connectivity index (χ1n) is 9.58. The maximum Gasteiger partial charge on any atom is 0.269 e. The Hall–Kier alpha value is -1.85. The third-order valence-corrected chi connectivity index (χ3v) is 7.77. The Morgan fingerprint density at radius 1 is 1.17 bits per heavy atom. The van der Waals surface area contributed by atoms with Crippen LogP contribution in [0.2, 0.25) is 0 Å². The van der Waals surface area contributed by atoms with Crippen LogP contribution < -0.4 is 4.72 Å². The molecule has 0 amide bonds. The molecule has 1 N–H and O–H groups in total. The van der Waals surface area contributed by atoms with Crippen LogP contribution in [0.5, 0.6) is 0 Å². The third-order valence-electron chi connectivity index (χ3n) is 5.25. The highest BCUT2D eigenvalue weighted by atomic mass is 32.2. The van der Waals surface area contributed by atoms with Crippen molar-refractivity contribution in [3.63, 3.8) is 0 Å². The number of likely N-dealkylation sites (N-methyl/N-ethyl adjacent to an activating group) is 1. The molecule has 0 spiro atoms. The number of sulfonamides is 1. The van der Waals surface area contributed by atoms with Crippen molar-refractivity contribution >= 4 is 27.0 Å². The van der Waals surface area contributed by atoms with Gasteiger partial charge in [-0.05, 0) is 37.0 Å². The quantitative estimate of drug-likeness (QED) is 0.503. The fourth-order valence-electron chi connectivity index (χ4n) is 3.68. The molecule has 1 aromatic carbocycles. The molecule has 2 atom stereocenters. The summed E-state index contributed by atoms with van der Waals surface area (Å²) in [7, 11) is -3.80. The molecule has 1 saturated heterocycles. The molecule has 0 saturated carbocycles. The lowest BCUT2D eigenvalue weighted by Gasteiger charge is -2.41. The molecular formula is C19H26N4O4S2. The minimum Gasteiger partial charge on any atom is -0.301 e. The van der Waals surface area contributed by atoms with Crippen molar-refractivity contribution in [2.45, 2.75) is 30.8 Å². The first-order valence-corrected chi connectivity index (χ1v) is 11.9. The number of hydrogen-bond donors (Lipinski definition) is 1. The van der Waals surface area contributed by atoms with Gasteiger partial charge in [0.05, 0.1) is 15.9 Å². The third kappa shape index (κ3) is 5.20. The van der Waals surface area contributed by atoms with Crippen molar-refractivity contribution in [3.05, 3.63) is 56.8 Å². The Bertz CT molecular complexity index is 908. The monoisotopic (exact) mass is 438 g/mol. The van der Waals surface area contributed by atoms with Gasteiger partial charge in [-0.1, -0.05) is 13.0 Å². The molecule has 3 rings (SSSR count). The van der Waals surface area contributed by atoms with Crippen molar-refractivity contribution in [1.82, 2.24) is 14.5 Å². The first-order chi connectivity index (χ1) is 13.8. The van der Waals surface area contributed by atoms with Crippen molar-refractivity contribution in [3.8, 4) is 0 Å². The van der Waals surface area contributed by atoms with E-state index < -0.39 is 14.9 Å². The molecule has 158 valence electrons. The van der Waals surface area contributed by atoms with Crippen LogP contribution in [0.15, 0.2) is 46.7 Å². The Labute approximate surface area is 175 Å². The largest absolute Gasteiger partial charge is 0.301 e. The molecule has 0 aliphatic carbocycles. The average molecular weight is 439 g/mol. The Kier molecular flexibility index (Phi) is 7.01. The molecule has 1 aliphatic heterocycles. The number of nitro groups is 1. The molecule has 2 unspecified atom stereocenters. The average Bonchev–Trinajstić information content (AvgIpc) is 3.22. The van der Waals surface area contributed by atoms with Gasteiger partial charge in [0.1, 0.15) is 0 Å². The molecule has 1 aliphatic rings. The van der Waals surface area contributed by atoms with E-state index in [1.54, 1.807) is 11.3 Å². The van der Waals surface area contributed by atoms with Crippen LogP contribution in [0.1, 0.15) is 24.8 Å². The summed E-state index contributed by atoms with van der Waals surface area (Å²) in [5, 5.41) is 12.8. The number of nitrogens with zero attached hydrogens (tertiary/aromatic N) is 3. The normalized spacial score (nSPS) is 18.4. The van der Waals surface area contributed by atoms with E-state index in [0.717, 1.165) is 37.6 Å². The first kappa shape index (κ1) is 21.8. The van der Waals surface area contributed by atoms with Crippen LogP contribution in [-0.2, 0) is 10.0 Å². The van der Waals surface area contributed by atoms with Crippen LogP contribution in [-0.4, -0.2) is 61.9 Å². The van der Waals surface area contributed by atoms with Gasteiger partial charge in [0.15, 0.2) is 0 Å². The van der Waals surface area contributed by atoms with E-state index in [-0.39, 0.29) is 22.7 Å². The molecule has 2 aromatic rings. The van der Waals surface area contributed by atoms with E-state index >= 15 is 0 Å². The lowest BCUT2D eigenvalue weighted by molar-refractivity contribution is -0.384. The lowest BCUT2D eigenvalue weighted by Crippen LogP contribution is -2.52. The summed E-state index contributed by atoms with van der Waals surface area (Å²) in [6.07, 6.45) is 0. The highest BCUT2D eigenvalue weighted by Gasteiger charge is 2.32. The summed E-state index contributed by atoms with van der Waals surface area (Å²) in [5.74, 6) is 0. The highest BCUT2D eigenvalue weighted by molar-refractivity contribution is 7.89. The lowest BCUT2D eigenvalue weighted by atomic mass is 10.1. The zero-order valence-electron chi connectivity index (χ0n) is 16.5. The second kappa shape index (κ2) is 9.31. The second-order valence-corrected chi connectivity index (χ2v) is 9.78. The van der Waals surface area contributed by atoms with Crippen molar-refractivity contribution < 1.29 is 13.3 Å². The number of piperazine rings is 1. The predicted octanol–water partition coefficient (Wildman–Crippen LogP) is 2.70. The second-order valence-electron chi connectivity index (χ2n) is 7.09. The van der Waals surface area contributed by atoms with E-state index in [1.807, 2.05) is 24.4 Å². The van der Waals surface area contributed by atoms with Gasteiger partial charge in [-0.15, -0.1) is 11.3 Å². The number of non-ortho nitro benzene ring substituents is 1. The SMILES string of the molecule is CCN1CCN(C(c2cccs2)C(C)NS(=O)(=O)c2ccc([N+](=O)[O-])cc2)CC1. The summed E-state index contributed by atoms with van der Waals surface area (Å²) in [4.78, 5) is 16.1. The van der Waals surface area contributed by atoms with E-state index in [0.29, 0.717) is 0 Å². The highest BCUT2D eigenvalue weighted by Crippen LogP contribution is 2.30. The van der Waals surface area contributed by atoms with E-state index in [4.69, 9.17) is 0 Å². The fourth-order valence-corrected chi connectivity index (χ4v) is 5.90. The van der Waals surface area contributed by atoms with Crippen LogP contribution in [0.4, 0.5) is 5.69 Å². The molecule has 10 heteroatoms. The number of nitro benzene ring substituents is 1. The van der Waals surface area contributed by atoms with E-state index in [1.165, 1.54) is 24.3 Å². The fraction of sp³-hybridized carbons (Fsp3) is 0.474. The van der Waals surface area contributed by atoms with Gasteiger partial charge in [-0.3, -0.25) is 15.0 Å². The topological polar surface area (TPSA) is 95.8 Å². The summed E-state index contributed by atoms with van der Waals surface area (Å²) >= 11 is 1.62. The molecule has 1 fully saturated rings. The van der Waals surface area contributed by atoms with Gasteiger partial charge in [0, 0.05) is 49.2 Å². The standard InChI is InChI=1S/C19H26N4O4S2/c1-3-21-10-12-22(13-11-21)19(18-5-4-14-28-18)15(2)20-29(26,27)17-8-6-16(7-9-17)23(24)25/h4-9,14-15,19-20H,3,10-13H2,1-2H3. The molecule has 0 radical (unpaired) electrons. The van der Waals surface area contributed by atoms with Crippen molar-refractivity contribution in [1.29, 1.82) is 0 Å². The molecule has 1 aromatic heterocycles. The smallest absolute Gasteiger partial charge is 0.269 e. The van der Waals surface area contributed by atoms with Crippen LogP contribution in [0.25, 0.3) is 0 Å². The summed E-state index contributed by atoms with van der Waals surface area (Å²) in [6.45, 7) is 8.70. The minimum absolute atomic E-state index is 0.0238. The Morgan fingerprint density at radius 3 is 2.34 bits per heavy atom. The van der Waals surface area contributed by atoms with E-state index in [9.17, 15) is 18.5 Å². The molecule has 0 bridgehead atoms. The predicted molar refractivity (Wildman–Crippen MR) is 114 cm³/mol. The zero-order chi connectivity index (χ0) is 21.0. The van der Waals surface area contributed by atoms with Gasteiger partial charge in [0.25, 0.3) is 5.69 Å². The maximum absolute atomic E-state index is 12.9. The molecule has 29 heavy (non-hydrogen) atoms. The van der Waals surface area contributed by atoms with Crippen LogP contribution in [0.3, 0.4) is 0 Å². The van der Waals surface area contributed by atoms with Gasteiger partial charge in [0.2, 0.25) is 10.0 Å². The van der Waals surface area contributed by atoms with Gasteiger partial charge in [-0.2, -0.15) is 0 Å². The maximum atomic E-state index is 12.9. The van der Waals surface area contributed by atoms with Crippen molar-refractivity contribution in [2.75, 3.05) is 32.7 Å². The van der Waals surface area contributed by atoms with Crippen LogP contribution >= 0.6 is 11.3 Å². The van der Waals surface area contributed by atoms with Gasteiger partial charge < -0.3 is 4.90 Å². The van der Waals surface area contributed by atoms with Gasteiger partial charge in [-0.25, -0.2) is 13.1 Å². The zero-order valence-corrected chi connectivity index (χ0v) is 18.2. The summed E-state index contributed by atoms with van der Waals surface area (Å²) in [5.41, 5.74) is -0.137. The van der Waals surface area contributed by atoms with Crippen LogP contribution in [0, 0.1) is 10.1 Å². The van der Waals surface area contributed by atoms with E-state index in [2.05, 4.69) is 21.4 Å². The molecular weight excluding hydrogens is 412 g/mol.